The van der Waals surface area contributed by atoms with Crippen LogP contribution in [0.15, 0.2) is 4.52 Å². The van der Waals surface area contributed by atoms with E-state index in [1.165, 1.54) is 6.92 Å². The summed E-state index contributed by atoms with van der Waals surface area (Å²) in [6.07, 6.45) is 1.17. The highest BCUT2D eigenvalue weighted by Crippen LogP contribution is 2.19. The molecule has 16 heavy (non-hydrogen) atoms. The third kappa shape index (κ3) is 2.37. The van der Waals surface area contributed by atoms with E-state index >= 15 is 0 Å². The van der Waals surface area contributed by atoms with E-state index in [0.29, 0.717) is 0 Å². The maximum Gasteiger partial charge on any atom is 0.292 e. The molecule has 4 N–H and O–H groups in total. The molecule has 0 radical (unpaired) electrons. The van der Waals surface area contributed by atoms with Crippen molar-refractivity contribution in [3.63, 3.8) is 0 Å². The lowest BCUT2D eigenvalue weighted by atomic mass is 10.2. The highest BCUT2D eigenvalue weighted by atomic mass is 16.5. The Morgan fingerprint density at radius 3 is 2.94 bits per heavy atom. The molecule has 88 valence electrons. The Kier molecular flexibility index (Phi) is 2.88. The smallest absolute Gasteiger partial charge is 0.292 e. The van der Waals surface area contributed by atoms with E-state index < -0.39 is 12.1 Å². The van der Waals surface area contributed by atoms with Gasteiger partial charge in [-0.3, -0.25) is 4.79 Å². The van der Waals surface area contributed by atoms with Crippen LogP contribution < -0.4 is 11.1 Å². The Morgan fingerprint density at radius 2 is 2.38 bits per heavy atom. The van der Waals surface area contributed by atoms with Gasteiger partial charge in [0.15, 0.2) is 0 Å². The van der Waals surface area contributed by atoms with E-state index in [1.807, 2.05) is 0 Å². The fourth-order valence-corrected chi connectivity index (χ4v) is 1.15. The third-order valence-corrected chi connectivity index (χ3v) is 2.36. The number of aliphatic hydroxyl groups excluding tert-OH is 1. The first-order valence-corrected chi connectivity index (χ1v) is 5.16. The summed E-state index contributed by atoms with van der Waals surface area (Å²) in [4.78, 5) is 15.3. The molecule has 1 aliphatic rings. The minimum Gasteiger partial charge on any atom is -0.391 e. The number of aromatic nitrogens is 2. The molecule has 2 rings (SSSR count). The van der Waals surface area contributed by atoms with E-state index in [9.17, 15) is 9.90 Å². The molecular formula is C9H14N4O3. The number of hydrogen-bond acceptors (Lipinski definition) is 6. The zero-order chi connectivity index (χ0) is 11.7. The second kappa shape index (κ2) is 4.18. The maximum absolute atomic E-state index is 11.5. The fraction of sp³-hybridized carbons (Fsp3) is 0.667. The van der Waals surface area contributed by atoms with Crippen molar-refractivity contribution in [2.24, 2.45) is 5.73 Å². The molecule has 1 aromatic rings. The minimum atomic E-state index is -0.806. The van der Waals surface area contributed by atoms with Crippen LogP contribution in [0.5, 0.6) is 0 Å². The summed E-state index contributed by atoms with van der Waals surface area (Å²) in [5.41, 5.74) is 5.59. The molecule has 0 saturated heterocycles. The summed E-state index contributed by atoms with van der Waals surface area (Å²) in [5.74, 6) is -0.343. The molecule has 7 nitrogen and oxygen atoms in total. The van der Waals surface area contributed by atoms with Crippen molar-refractivity contribution >= 4 is 5.91 Å². The number of carbonyl (C=O) groups is 1. The van der Waals surface area contributed by atoms with E-state index in [4.69, 9.17) is 10.3 Å². The van der Waals surface area contributed by atoms with Crippen LogP contribution in [0, 0.1) is 0 Å². The Bertz CT molecular complexity index is 386. The highest BCUT2D eigenvalue weighted by Gasteiger charge is 2.27. The summed E-state index contributed by atoms with van der Waals surface area (Å²) in [6, 6.07) is -0.533. The van der Waals surface area contributed by atoms with Crippen LogP contribution in [-0.4, -0.2) is 33.3 Å². The number of nitrogens with one attached hydrogen (secondary N) is 1. The highest BCUT2D eigenvalue weighted by molar-refractivity contribution is 5.90. The topological polar surface area (TPSA) is 114 Å². The second-order valence-electron chi connectivity index (χ2n) is 3.97. The Morgan fingerprint density at radius 1 is 1.69 bits per heavy atom. The zero-order valence-electron chi connectivity index (χ0n) is 8.88. The number of amides is 1. The first kappa shape index (κ1) is 11.0. The van der Waals surface area contributed by atoms with Gasteiger partial charge in [0.1, 0.15) is 6.04 Å². The van der Waals surface area contributed by atoms with Gasteiger partial charge in [-0.05, 0) is 19.8 Å². The largest absolute Gasteiger partial charge is 0.391 e. The van der Waals surface area contributed by atoms with Crippen molar-refractivity contribution in [3.05, 3.63) is 11.7 Å². The van der Waals surface area contributed by atoms with Crippen molar-refractivity contribution in [1.82, 2.24) is 15.5 Å². The van der Waals surface area contributed by atoms with Crippen molar-refractivity contribution < 1.29 is 14.4 Å². The average molecular weight is 226 g/mol. The van der Waals surface area contributed by atoms with Crippen LogP contribution in [0.2, 0.25) is 0 Å². The van der Waals surface area contributed by atoms with E-state index in [-0.39, 0.29) is 23.7 Å². The van der Waals surface area contributed by atoms with Crippen LogP contribution >= 0.6 is 0 Å². The predicted molar refractivity (Wildman–Crippen MR) is 53.4 cm³/mol. The fourth-order valence-electron chi connectivity index (χ4n) is 1.15. The molecule has 0 spiro atoms. The number of nitrogens with two attached hydrogens (primary N) is 1. The van der Waals surface area contributed by atoms with E-state index in [1.54, 1.807) is 0 Å². The summed E-state index contributed by atoms with van der Waals surface area (Å²) >= 11 is 0. The summed E-state index contributed by atoms with van der Waals surface area (Å²) < 4.78 is 4.80. The van der Waals surface area contributed by atoms with Gasteiger partial charge in [-0.25, -0.2) is 0 Å². The van der Waals surface area contributed by atoms with E-state index in [2.05, 4.69) is 15.5 Å². The molecule has 1 aromatic heterocycles. The predicted octanol–water partition coefficient (Wildman–Crippen LogP) is -0.658. The van der Waals surface area contributed by atoms with Gasteiger partial charge in [0.05, 0.1) is 6.10 Å². The first-order valence-electron chi connectivity index (χ1n) is 5.16. The molecule has 0 bridgehead atoms. The van der Waals surface area contributed by atoms with Gasteiger partial charge in [0.25, 0.3) is 11.7 Å². The van der Waals surface area contributed by atoms with E-state index in [0.717, 1.165) is 12.8 Å². The normalized spacial score (nSPS) is 19.2. The number of aliphatic hydroxyl groups is 1. The van der Waals surface area contributed by atoms with Crippen LogP contribution in [0.1, 0.15) is 42.3 Å². The molecule has 1 amide bonds. The maximum atomic E-state index is 11.5. The Balaban J connectivity index is 2.03. The Labute approximate surface area is 92.0 Å². The number of hydrogen-bond donors (Lipinski definition) is 3. The minimum absolute atomic E-state index is 0.0435. The van der Waals surface area contributed by atoms with Gasteiger partial charge in [0.2, 0.25) is 5.89 Å². The quantitative estimate of drug-likeness (QED) is 0.628. The summed E-state index contributed by atoms with van der Waals surface area (Å²) in [6.45, 7) is 1.51. The standard InChI is InChI=1S/C9H14N4O3/c1-4(14)6(10)9-12-7(13-16-9)8(15)11-5-2-3-5/h4-6,14H,2-3,10H2,1H3,(H,11,15)/t4-,6+/m1/s1. The molecule has 1 heterocycles. The van der Waals surface area contributed by atoms with Gasteiger partial charge in [-0.2, -0.15) is 4.98 Å². The van der Waals surface area contributed by atoms with Crippen molar-refractivity contribution in [2.45, 2.75) is 38.0 Å². The monoisotopic (exact) mass is 226 g/mol. The molecule has 1 aliphatic carbocycles. The molecule has 0 aromatic carbocycles. The Hall–Kier alpha value is -1.47. The van der Waals surface area contributed by atoms with Crippen molar-refractivity contribution in [3.8, 4) is 0 Å². The molecule has 0 aliphatic heterocycles. The average Bonchev–Trinajstić information content (AvgIpc) is 2.92. The molecular weight excluding hydrogens is 212 g/mol. The molecule has 0 unspecified atom stereocenters. The summed E-state index contributed by atoms with van der Waals surface area (Å²) in [7, 11) is 0. The van der Waals surface area contributed by atoms with Gasteiger partial charge in [-0.1, -0.05) is 5.16 Å². The van der Waals surface area contributed by atoms with Crippen LogP contribution in [0.3, 0.4) is 0 Å². The van der Waals surface area contributed by atoms with Gasteiger partial charge in [-0.15, -0.1) is 0 Å². The number of carbonyl (C=O) groups excluding carboxylic acids is 1. The number of rotatable bonds is 4. The molecule has 1 fully saturated rings. The zero-order valence-corrected chi connectivity index (χ0v) is 8.88. The molecule has 2 atom stereocenters. The van der Waals surface area contributed by atoms with Crippen LogP contribution in [0.4, 0.5) is 0 Å². The van der Waals surface area contributed by atoms with Crippen LogP contribution in [0.25, 0.3) is 0 Å². The van der Waals surface area contributed by atoms with Crippen LogP contribution in [-0.2, 0) is 0 Å². The molecule has 1 saturated carbocycles. The van der Waals surface area contributed by atoms with Gasteiger partial charge >= 0.3 is 0 Å². The van der Waals surface area contributed by atoms with Gasteiger partial charge in [0, 0.05) is 6.04 Å². The SMILES string of the molecule is C[C@@H](O)[C@H](N)c1nc(C(=O)NC2CC2)no1. The lowest BCUT2D eigenvalue weighted by Gasteiger charge is -2.08. The number of nitrogens with zero attached hydrogens (tertiary/aromatic N) is 2. The first-order chi connectivity index (χ1) is 7.58. The molecule has 7 heteroatoms. The van der Waals surface area contributed by atoms with Crippen molar-refractivity contribution in [2.75, 3.05) is 0 Å². The lowest BCUT2D eigenvalue weighted by molar-refractivity contribution is 0.0937. The van der Waals surface area contributed by atoms with Crippen molar-refractivity contribution in [1.29, 1.82) is 0 Å². The second-order valence-corrected chi connectivity index (χ2v) is 3.97. The summed E-state index contributed by atoms with van der Waals surface area (Å²) in [5, 5.41) is 15.5. The lowest BCUT2D eigenvalue weighted by Crippen LogP contribution is -2.27. The van der Waals surface area contributed by atoms with Gasteiger partial charge < -0.3 is 20.7 Å². The third-order valence-electron chi connectivity index (χ3n) is 2.36.